The van der Waals surface area contributed by atoms with Gasteiger partial charge in [-0.3, -0.25) is 0 Å². The molecule has 0 aliphatic heterocycles. The molecule has 1 heterocycles. The minimum absolute atomic E-state index is 0.405. The Balaban J connectivity index is 2.04. The summed E-state index contributed by atoms with van der Waals surface area (Å²) >= 11 is 0. The van der Waals surface area contributed by atoms with Crippen molar-refractivity contribution in [1.29, 1.82) is 0 Å². The number of benzene rings is 3. The van der Waals surface area contributed by atoms with Crippen LogP contribution in [0.25, 0.3) is 32.9 Å². The second kappa shape index (κ2) is 5.30. The van der Waals surface area contributed by atoms with Crippen molar-refractivity contribution in [1.82, 2.24) is 0 Å². The molecule has 0 spiro atoms. The lowest BCUT2D eigenvalue weighted by Crippen LogP contribution is -2.08. The van der Waals surface area contributed by atoms with Gasteiger partial charge in [0.05, 0.1) is 18.1 Å². The van der Waals surface area contributed by atoms with E-state index in [9.17, 15) is 9.59 Å². The number of hydrogen-bond acceptors (Lipinski definition) is 4. The van der Waals surface area contributed by atoms with E-state index in [1.807, 2.05) is 36.4 Å². The fraction of sp³-hybridized carbons (Fsp3) is 0.0909. The summed E-state index contributed by atoms with van der Waals surface area (Å²) in [5, 5.41) is 2.15. The van der Waals surface area contributed by atoms with Gasteiger partial charge in [-0.2, -0.15) is 0 Å². The molecule has 0 unspecified atom stereocenters. The summed E-state index contributed by atoms with van der Waals surface area (Å²) in [5.41, 5.74) is 4.50. The third-order valence-corrected chi connectivity index (χ3v) is 5.07. The quantitative estimate of drug-likeness (QED) is 0.259. The van der Waals surface area contributed by atoms with Crippen molar-refractivity contribution in [3.05, 3.63) is 81.7 Å². The average molecular weight is 342 g/mol. The number of carbonyl (C=O) groups is 1. The van der Waals surface area contributed by atoms with E-state index in [2.05, 4.69) is 6.07 Å². The summed E-state index contributed by atoms with van der Waals surface area (Å²) < 4.78 is 10.5. The first-order valence-electron chi connectivity index (χ1n) is 8.37. The maximum atomic E-state index is 12.6. The lowest BCUT2D eigenvalue weighted by Gasteiger charge is -2.12. The fourth-order valence-corrected chi connectivity index (χ4v) is 3.99. The minimum Gasteiger partial charge on any atom is -0.465 e. The lowest BCUT2D eigenvalue weighted by atomic mass is 9.93. The Labute approximate surface area is 148 Å². The summed E-state index contributed by atoms with van der Waals surface area (Å²) in [4.78, 5) is 25.1. The highest BCUT2D eigenvalue weighted by Gasteiger charge is 2.28. The van der Waals surface area contributed by atoms with Crippen LogP contribution < -0.4 is 5.63 Å². The van der Waals surface area contributed by atoms with Gasteiger partial charge >= 0.3 is 11.6 Å². The van der Waals surface area contributed by atoms with E-state index in [1.165, 1.54) is 7.11 Å². The Morgan fingerprint density at radius 1 is 1.04 bits per heavy atom. The Kier molecular flexibility index (Phi) is 3.04. The van der Waals surface area contributed by atoms with Gasteiger partial charge < -0.3 is 9.15 Å². The second-order valence-electron chi connectivity index (χ2n) is 6.41. The molecule has 1 aliphatic rings. The molecular formula is C22H14O4. The van der Waals surface area contributed by atoms with E-state index in [-0.39, 0.29) is 0 Å². The molecule has 3 aromatic carbocycles. The summed E-state index contributed by atoms with van der Waals surface area (Å²) in [6.07, 6.45) is 0.667. The van der Waals surface area contributed by atoms with Crippen LogP contribution >= 0.6 is 0 Å². The van der Waals surface area contributed by atoms with Crippen LogP contribution in [-0.2, 0) is 11.2 Å². The molecule has 0 N–H and O–H groups in total. The van der Waals surface area contributed by atoms with Crippen molar-refractivity contribution in [3.63, 3.8) is 0 Å². The predicted octanol–water partition coefficient (Wildman–Crippen LogP) is 4.30. The number of ether oxygens (including phenoxy) is 1. The number of carbonyl (C=O) groups excluding carboxylic acids is 1. The van der Waals surface area contributed by atoms with Gasteiger partial charge in [0.2, 0.25) is 0 Å². The predicted molar refractivity (Wildman–Crippen MR) is 99.6 cm³/mol. The zero-order valence-corrected chi connectivity index (χ0v) is 14.0. The van der Waals surface area contributed by atoms with Crippen molar-refractivity contribution < 1.29 is 13.9 Å². The molecule has 1 aliphatic carbocycles. The number of hydrogen-bond donors (Lipinski definition) is 0. The summed E-state index contributed by atoms with van der Waals surface area (Å²) in [7, 11) is 1.35. The SMILES string of the molecule is COC(=O)c1cc2c(=O)oc3ccccc3c2c2c1-c1ccccc1C2. The summed E-state index contributed by atoms with van der Waals surface area (Å²) in [6, 6.07) is 17.1. The topological polar surface area (TPSA) is 56.5 Å². The fourth-order valence-electron chi connectivity index (χ4n) is 3.99. The number of para-hydroxylation sites is 1. The minimum atomic E-state index is -0.451. The zero-order chi connectivity index (χ0) is 17.8. The molecule has 0 fully saturated rings. The molecule has 126 valence electrons. The largest absolute Gasteiger partial charge is 0.465 e. The number of methoxy groups -OCH3 is 1. The highest BCUT2D eigenvalue weighted by atomic mass is 16.5. The van der Waals surface area contributed by atoms with E-state index in [0.717, 1.165) is 33.0 Å². The highest BCUT2D eigenvalue weighted by Crippen LogP contribution is 2.44. The van der Waals surface area contributed by atoms with Crippen molar-refractivity contribution in [2.45, 2.75) is 6.42 Å². The van der Waals surface area contributed by atoms with Gasteiger partial charge in [0, 0.05) is 16.3 Å². The van der Waals surface area contributed by atoms with Crippen LogP contribution in [0.2, 0.25) is 0 Å². The molecule has 4 aromatic rings. The van der Waals surface area contributed by atoms with Crippen molar-refractivity contribution in [2.75, 3.05) is 7.11 Å². The molecule has 1 aromatic heterocycles. The highest BCUT2D eigenvalue weighted by molar-refractivity contribution is 6.14. The maximum Gasteiger partial charge on any atom is 0.344 e. The monoisotopic (exact) mass is 342 g/mol. The Hall–Kier alpha value is -3.40. The number of rotatable bonds is 1. The van der Waals surface area contributed by atoms with E-state index >= 15 is 0 Å². The molecule has 4 heteroatoms. The van der Waals surface area contributed by atoms with Gasteiger partial charge in [0.1, 0.15) is 5.58 Å². The first-order chi connectivity index (χ1) is 12.7. The van der Waals surface area contributed by atoms with Gasteiger partial charge in [-0.25, -0.2) is 9.59 Å². The van der Waals surface area contributed by atoms with Crippen LogP contribution in [0.4, 0.5) is 0 Å². The zero-order valence-electron chi connectivity index (χ0n) is 14.0. The molecule has 0 amide bonds. The normalized spacial score (nSPS) is 12.2. The second-order valence-corrected chi connectivity index (χ2v) is 6.41. The first-order valence-corrected chi connectivity index (χ1v) is 8.37. The molecule has 0 radical (unpaired) electrons. The average Bonchev–Trinajstić information content (AvgIpc) is 3.06. The molecule has 26 heavy (non-hydrogen) atoms. The Bertz CT molecular complexity index is 1280. The van der Waals surface area contributed by atoms with E-state index < -0.39 is 11.6 Å². The molecule has 4 nitrogen and oxygen atoms in total. The van der Waals surface area contributed by atoms with Gasteiger partial charge in [-0.1, -0.05) is 42.5 Å². The van der Waals surface area contributed by atoms with Crippen molar-refractivity contribution >= 4 is 27.7 Å². The summed E-state index contributed by atoms with van der Waals surface area (Å²) in [6.45, 7) is 0. The molecular weight excluding hydrogens is 328 g/mol. The van der Waals surface area contributed by atoms with E-state index in [4.69, 9.17) is 9.15 Å². The van der Waals surface area contributed by atoms with Gasteiger partial charge in [0.15, 0.2) is 0 Å². The van der Waals surface area contributed by atoms with Crippen LogP contribution in [0.15, 0.2) is 63.8 Å². The van der Waals surface area contributed by atoms with Crippen LogP contribution in [0.3, 0.4) is 0 Å². The molecule has 0 saturated carbocycles. The smallest absolute Gasteiger partial charge is 0.344 e. The molecule has 0 bridgehead atoms. The number of esters is 1. The van der Waals surface area contributed by atoms with Gasteiger partial charge in [-0.05, 0) is 35.2 Å². The van der Waals surface area contributed by atoms with Crippen LogP contribution in [0, 0.1) is 0 Å². The first kappa shape index (κ1) is 14.9. The van der Waals surface area contributed by atoms with Crippen LogP contribution in [-0.4, -0.2) is 13.1 Å². The van der Waals surface area contributed by atoms with Crippen LogP contribution in [0.5, 0.6) is 0 Å². The van der Waals surface area contributed by atoms with E-state index in [1.54, 1.807) is 12.1 Å². The molecule has 0 saturated heterocycles. The van der Waals surface area contributed by atoms with Gasteiger partial charge in [0.25, 0.3) is 0 Å². The van der Waals surface area contributed by atoms with Crippen molar-refractivity contribution in [2.24, 2.45) is 0 Å². The molecule has 5 rings (SSSR count). The lowest BCUT2D eigenvalue weighted by molar-refractivity contribution is 0.0602. The molecule has 0 atom stereocenters. The maximum absolute atomic E-state index is 12.6. The summed E-state index contributed by atoms with van der Waals surface area (Å²) in [5.74, 6) is -0.451. The van der Waals surface area contributed by atoms with E-state index in [0.29, 0.717) is 23.0 Å². The van der Waals surface area contributed by atoms with Crippen molar-refractivity contribution in [3.8, 4) is 11.1 Å². The Morgan fingerprint density at radius 3 is 2.65 bits per heavy atom. The van der Waals surface area contributed by atoms with Crippen LogP contribution in [0.1, 0.15) is 21.5 Å². The third-order valence-electron chi connectivity index (χ3n) is 5.07. The standard InChI is InChI=1S/C22H14O4/c1-25-21(23)16-11-17-20(14-8-4-5-9-18(14)26-22(17)24)15-10-12-6-2-3-7-13(12)19(15)16/h2-9,11H,10H2,1H3. The number of fused-ring (bicyclic) bond motifs is 7. The Morgan fingerprint density at radius 2 is 1.81 bits per heavy atom. The van der Waals surface area contributed by atoms with Gasteiger partial charge in [-0.15, -0.1) is 0 Å². The third kappa shape index (κ3) is 1.90.